The average Bonchev–Trinajstić information content (AvgIpc) is 2.37. The summed E-state index contributed by atoms with van der Waals surface area (Å²) in [5, 5.41) is 0.126. The van der Waals surface area contributed by atoms with Crippen molar-refractivity contribution in [2.45, 2.75) is 25.2 Å². The Kier molecular flexibility index (Phi) is 4.29. The first-order valence-corrected chi connectivity index (χ1v) is 8.04. The quantitative estimate of drug-likeness (QED) is 0.748. The monoisotopic (exact) mass is 311 g/mol. The highest BCUT2D eigenvalue weighted by Gasteiger charge is 2.15. The van der Waals surface area contributed by atoms with Crippen molar-refractivity contribution in [2.75, 3.05) is 6.54 Å². The topological polar surface area (TPSA) is 112 Å². The third-order valence-electron chi connectivity index (χ3n) is 3.03. The number of rotatable bonds is 5. The second-order valence-corrected chi connectivity index (χ2v) is 6.96. The van der Waals surface area contributed by atoms with Gasteiger partial charge in [-0.05, 0) is 30.5 Å². The minimum absolute atomic E-state index is 0.00342. The van der Waals surface area contributed by atoms with Crippen LogP contribution in [-0.2, 0) is 10.0 Å². The van der Waals surface area contributed by atoms with Gasteiger partial charge in [0.05, 0.1) is 15.8 Å². The van der Waals surface area contributed by atoms with Crippen LogP contribution >= 0.6 is 0 Å². The standard InChI is InChI=1S/C13H17N3O4S/c1-8(2)5-6-14-21(19,20)9-3-4-11-10(7-9)12(17)16-13(18)15-11/h3-4,7-8,14H,5-6H2,1-2H3,(H2,15,16,17,18). The molecule has 0 aliphatic rings. The highest BCUT2D eigenvalue weighted by Crippen LogP contribution is 2.14. The lowest BCUT2D eigenvalue weighted by molar-refractivity contribution is 0.551. The molecule has 3 N–H and O–H groups in total. The van der Waals surface area contributed by atoms with Crippen molar-refractivity contribution in [2.24, 2.45) is 5.92 Å². The molecule has 0 fully saturated rings. The van der Waals surface area contributed by atoms with Gasteiger partial charge in [0.1, 0.15) is 0 Å². The fourth-order valence-corrected chi connectivity index (χ4v) is 2.95. The molecule has 2 rings (SSSR count). The zero-order valence-corrected chi connectivity index (χ0v) is 12.6. The van der Waals surface area contributed by atoms with Crippen LogP contribution < -0.4 is 16.0 Å². The van der Waals surface area contributed by atoms with Crippen LogP contribution in [0, 0.1) is 5.92 Å². The molecule has 7 nitrogen and oxygen atoms in total. The molecule has 0 aliphatic carbocycles. The van der Waals surface area contributed by atoms with Gasteiger partial charge in [-0.1, -0.05) is 13.8 Å². The van der Waals surface area contributed by atoms with E-state index < -0.39 is 21.3 Å². The summed E-state index contributed by atoms with van der Waals surface area (Å²) in [5.74, 6) is 0.386. The Morgan fingerprint density at radius 1 is 1.19 bits per heavy atom. The number of nitrogens with one attached hydrogen (secondary N) is 3. The maximum Gasteiger partial charge on any atom is 0.326 e. The Morgan fingerprint density at radius 3 is 2.57 bits per heavy atom. The Balaban J connectivity index is 2.38. The largest absolute Gasteiger partial charge is 0.326 e. The number of aromatic nitrogens is 2. The van der Waals surface area contributed by atoms with Crippen LogP contribution in [0.1, 0.15) is 20.3 Å². The molecule has 1 aromatic carbocycles. The van der Waals surface area contributed by atoms with Crippen LogP contribution in [0.5, 0.6) is 0 Å². The molecule has 21 heavy (non-hydrogen) atoms. The minimum Gasteiger partial charge on any atom is -0.307 e. The summed E-state index contributed by atoms with van der Waals surface area (Å²) < 4.78 is 26.8. The predicted molar refractivity (Wildman–Crippen MR) is 79.8 cm³/mol. The van der Waals surface area contributed by atoms with Gasteiger partial charge in [-0.2, -0.15) is 0 Å². The Morgan fingerprint density at radius 2 is 1.90 bits per heavy atom. The minimum atomic E-state index is -3.67. The van der Waals surface area contributed by atoms with Crippen LogP contribution in [0.3, 0.4) is 0 Å². The molecule has 1 aromatic heterocycles. The summed E-state index contributed by atoms with van der Waals surface area (Å²) in [6.07, 6.45) is 0.723. The van der Waals surface area contributed by atoms with Crippen molar-refractivity contribution in [1.29, 1.82) is 0 Å². The van der Waals surface area contributed by atoms with Crippen molar-refractivity contribution < 1.29 is 8.42 Å². The molecule has 0 unspecified atom stereocenters. The van der Waals surface area contributed by atoms with E-state index in [0.717, 1.165) is 6.42 Å². The van der Waals surface area contributed by atoms with E-state index >= 15 is 0 Å². The normalized spacial score (nSPS) is 12.1. The zero-order valence-electron chi connectivity index (χ0n) is 11.8. The maximum atomic E-state index is 12.1. The average molecular weight is 311 g/mol. The molecule has 114 valence electrons. The summed E-state index contributed by atoms with van der Waals surface area (Å²) in [4.78, 5) is 27.3. The first kappa shape index (κ1) is 15.5. The van der Waals surface area contributed by atoms with Crippen LogP contribution in [0.2, 0.25) is 0 Å². The second kappa shape index (κ2) is 5.82. The molecule has 2 aromatic rings. The lowest BCUT2D eigenvalue weighted by atomic mass is 10.1. The highest BCUT2D eigenvalue weighted by molar-refractivity contribution is 7.89. The molecule has 0 radical (unpaired) electrons. The van der Waals surface area contributed by atoms with Gasteiger partial charge in [0.2, 0.25) is 10.0 Å². The van der Waals surface area contributed by atoms with E-state index in [4.69, 9.17) is 0 Å². The Labute approximate surface area is 121 Å². The van der Waals surface area contributed by atoms with Gasteiger partial charge in [-0.3, -0.25) is 9.78 Å². The maximum absolute atomic E-state index is 12.1. The first-order valence-electron chi connectivity index (χ1n) is 6.55. The van der Waals surface area contributed by atoms with E-state index in [0.29, 0.717) is 18.0 Å². The molecular formula is C13H17N3O4S. The molecule has 0 amide bonds. The van der Waals surface area contributed by atoms with Crippen LogP contribution in [-0.4, -0.2) is 24.9 Å². The van der Waals surface area contributed by atoms with Gasteiger partial charge < -0.3 is 4.98 Å². The third-order valence-corrected chi connectivity index (χ3v) is 4.49. The smallest absolute Gasteiger partial charge is 0.307 e. The molecule has 0 spiro atoms. The number of fused-ring (bicyclic) bond motifs is 1. The van der Waals surface area contributed by atoms with Gasteiger partial charge in [0.15, 0.2) is 0 Å². The number of hydrogen-bond acceptors (Lipinski definition) is 4. The molecule has 8 heteroatoms. The van der Waals surface area contributed by atoms with E-state index in [-0.39, 0.29) is 10.3 Å². The number of sulfonamides is 1. The fourth-order valence-electron chi connectivity index (χ4n) is 1.88. The summed E-state index contributed by atoms with van der Waals surface area (Å²) in [6.45, 7) is 4.33. The second-order valence-electron chi connectivity index (χ2n) is 5.20. The molecular weight excluding hydrogens is 294 g/mol. The molecule has 0 atom stereocenters. The summed E-state index contributed by atoms with van der Waals surface area (Å²) >= 11 is 0. The molecule has 0 aliphatic heterocycles. The van der Waals surface area contributed by atoms with Crippen molar-refractivity contribution >= 4 is 20.9 Å². The number of aromatic amines is 2. The van der Waals surface area contributed by atoms with Gasteiger partial charge in [-0.15, -0.1) is 0 Å². The Bertz CT molecular complexity index is 865. The highest BCUT2D eigenvalue weighted by atomic mass is 32.2. The molecule has 0 saturated carbocycles. The van der Waals surface area contributed by atoms with Gasteiger partial charge in [0.25, 0.3) is 5.56 Å². The van der Waals surface area contributed by atoms with E-state index in [2.05, 4.69) is 14.7 Å². The van der Waals surface area contributed by atoms with E-state index in [1.165, 1.54) is 18.2 Å². The van der Waals surface area contributed by atoms with E-state index in [9.17, 15) is 18.0 Å². The number of benzene rings is 1. The van der Waals surface area contributed by atoms with Gasteiger partial charge in [-0.25, -0.2) is 17.9 Å². The summed E-state index contributed by atoms with van der Waals surface area (Å²) in [5.41, 5.74) is -0.948. The molecule has 0 saturated heterocycles. The van der Waals surface area contributed by atoms with Gasteiger partial charge in [0, 0.05) is 6.54 Å². The Hall–Kier alpha value is -1.93. The third kappa shape index (κ3) is 3.59. The van der Waals surface area contributed by atoms with Crippen molar-refractivity contribution in [3.05, 3.63) is 39.0 Å². The lowest BCUT2D eigenvalue weighted by Crippen LogP contribution is -2.26. The first-order chi connectivity index (χ1) is 9.79. The van der Waals surface area contributed by atoms with Gasteiger partial charge >= 0.3 is 5.69 Å². The van der Waals surface area contributed by atoms with Crippen LogP contribution in [0.25, 0.3) is 10.9 Å². The SMILES string of the molecule is CC(C)CCNS(=O)(=O)c1ccc2[nH]c(=O)[nH]c(=O)c2c1. The predicted octanol–water partition coefficient (Wildman–Crippen LogP) is 0.541. The van der Waals surface area contributed by atoms with Crippen LogP contribution in [0.4, 0.5) is 0 Å². The summed E-state index contributed by atoms with van der Waals surface area (Å²) in [6, 6.07) is 4.01. The number of hydrogen-bond donors (Lipinski definition) is 3. The van der Waals surface area contributed by atoms with E-state index in [1.54, 1.807) is 0 Å². The number of H-pyrrole nitrogens is 2. The lowest BCUT2D eigenvalue weighted by Gasteiger charge is -2.08. The zero-order chi connectivity index (χ0) is 15.6. The van der Waals surface area contributed by atoms with Crippen molar-refractivity contribution in [3.63, 3.8) is 0 Å². The fraction of sp³-hybridized carbons (Fsp3) is 0.385. The molecule has 0 bridgehead atoms. The van der Waals surface area contributed by atoms with Crippen molar-refractivity contribution in [1.82, 2.24) is 14.7 Å². The van der Waals surface area contributed by atoms with Crippen molar-refractivity contribution in [3.8, 4) is 0 Å². The van der Waals surface area contributed by atoms with Crippen LogP contribution in [0.15, 0.2) is 32.7 Å². The van der Waals surface area contributed by atoms with E-state index in [1.807, 2.05) is 13.8 Å². The molecule has 1 heterocycles. The summed E-state index contributed by atoms with van der Waals surface area (Å²) in [7, 11) is -3.67.